The van der Waals surface area contributed by atoms with Crippen LogP contribution in [0, 0.1) is 45.3 Å². The molecule has 11 rings (SSSR count). The highest BCUT2D eigenvalue weighted by Gasteiger charge is 2.61. The normalized spacial score (nSPS) is 13.0. The average Bonchev–Trinajstić information content (AvgIpc) is 1.57. The van der Waals surface area contributed by atoms with Crippen LogP contribution >= 0.6 is 34.0 Å². The van der Waals surface area contributed by atoms with E-state index in [1.807, 2.05) is 50.2 Å². The number of hydrogen-bond donors (Lipinski definition) is 0. The number of nitrogens with zero attached hydrogens (tertiary/aromatic N) is 6. The molecule has 0 radical (unpaired) electrons. The van der Waals surface area contributed by atoms with Gasteiger partial charge in [-0.3, -0.25) is 19.2 Å². The number of esters is 4. The number of benzene rings is 6. The smallest absolute Gasteiger partial charge is 0.333 e. The lowest BCUT2D eigenvalue weighted by molar-refractivity contribution is -0.165. The van der Waals surface area contributed by atoms with E-state index >= 15 is 19.2 Å². The van der Waals surface area contributed by atoms with E-state index in [1.165, 1.54) is 11.3 Å². The molecule has 0 unspecified atom stereocenters. The highest BCUT2D eigenvalue weighted by atomic mass is 32.1. The minimum atomic E-state index is -2.40. The molecule has 0 atom stereocenters. The van der Waals surface area contributed by atoms with Crippen LogP contribution in [0.4, 0.5) is 10.0 Å². The molecule has 0 N–H and O–H groups in total. The highest BCUT2D eigenvalue weighted by molar-refractivity contribution is 7.26. The minimum Gasteiger partial charge on any atom is -0.492 e. The molecule has 0 bridgehead atoms. The molecule has 89 heavy (non-hydrogen) atoms. The zero-order valence-corrected chi connectivity index (χ0v) is 50.3. The van der Waals surface area contributed by atoms with Gasteiger partial charge in [0.1, 0.15) is 72.2 Å². The van der Waals surface area contributed by atoms with Gasteiger partial charge in [-0.15, -0.1) is 34.0 Å². The maximum Gasteiger partial charge on any atom is 0.333 e. The van der Waals surface area contributed by atoms with Gasteiger partial charge in [0, 0.05) is 43.5 Å². The summed E-state index contributed by atoms with van der Waals surface area (Å²) in [5.74, 6) is -3.47. The molecule has 0 fully saturated rings. The Labute approximate surface area is 523 Å². The number of nitriles is 4. The van der Waals surface area contributed by atoms with E-state index in [-0.39, 0.29) is 93.2 Å². The van der Waals surface area contributed by atoms with E-state index in [9.17, 15) is 21.0 Å². The molecule has 16 nitrogen and oxygen atoms in total. The summed E-state index contributed by atoms with van der Waals surface area (Å²) in [6.07, 6.45) is 4.59. The Morgan fingerprint density at radius 2 is 0.753 bits per heavy atom. The van der Waals surface area contributed by atoms with Crippen molar-refractivity contribution >= 4 is 123 Å². The Morgan fingerprint density at radius 1 is 0.438 bits per heavy atom. The van der Waals surface area contributed by atoms with Crippen LogP contribution in [-0.2, 0) is 75.4 Å². The van der Waals surface area contributed by atoms with E-state index in [0.717, 1.165) is 22.7 Å². The number of aliphatic imine (C=N–C) groups is 2. The van der Waals surface area contributed by atoms with Crippen LogP contribution in [0.15, 0.2) is 168 Å². The molecule has 9 aromatic rings. The molecule has 2 aliphatic carbocycles. The number of rotatable bonds is 22. The summed E-state index contributed by atoms with van der Waals surface area (Å²) in [5, 5.41) is 40.6. The monoisotopic (exact) mass is 1230 g/mol. The summed E-state index contributed by atoms with van der Waals surface area (Å²) in [4.78, 5) is 72.8. The van der Waals surface area contributed by atoms with Crippen molar-refractivity contribution in [2.75, 3.05) is 13.2 Å². The van der Waals surface area contributed by atoms with Gasteiger partial charge in [0.05, 0.1) is 23.0 Å². The summed E-state index contributed by atoms with van der Waals surface area (Å²) >= 11 is 3.41. The van der Waals surface area contributed by atoms with Crippen molar-refractivity contribution in [3.63, 3.8) is 0 Å². The van der Waals surface area contributed by atoms with Gasteiger partial charge in [0.15, 0.2) is 0 Å². The predicted octanol–water partition coefficient (Wildman–Crippen LogP) is 14.6. The predicted molar refractivity (Wildman–Crippen MR) is 340 cm³/mol. The lowest BCUT2D eigenvalue weighted by Crippen LogP contribution is -2.46. The summed E-state index contributed by atoms with van der Waals surface area (Å²) in [6, 6.07) is 53.5. The van der Waals surface area contributed by atoms with Crippen LogP contribution in [-0.4, -0.2) is 48.5 Å². The second kappa shape index (κ2) is 26.4. The Morgan fingerprint density at radius 3 is 1.04 bits per heavy atom. The van der Waals surface area contributed by atoms with E-state index in [1.54, 1.807) is 158 Å². The van der Waals surface area contributed by atoms with Crippen LogP contribution in [0.2, 0.25) is 0 Å². The Bertz CT molecular complexity index is 4130. The van der Waals surface area contributed by atoms with Crippen molar-refractivity contribution in [3.8, 4) is 35.8 Å². The topological polar surface area (TPSA) is 244 Å². The van der Waals surface area contributed by atoms with Gasteiger partial charge < -0.3 is 28.4 Å². The summed E-state index contributed by atoms with van der Waals surface area (Å²) in [7, 11) is 0. The van der Waals surface area contributed by atoms with Crippen molar-refractivity contribution < 1.29 is 47.6 Å². The molecule has 2 aliphatic rings. The number of carbonyl (C=O) groups is 4. The van der Waals surface area contributed by atoms with Crippen molar-refractivity contribution in [2.24, 2.45) is 9.98 Å². The first-order valence-electron chi connectivity index (χ1n) is 28.1. The Hall–Kier alpha value is -10.8. The Balaban J connectivity index is 1.16. The fraction of sp³-hybridized carbons (Fsp3) is 0.171. The molecule has 6 aromatic carbocycles. The Kier molecular flexibility index (Phi) is 17.8. The zero-order valence-electron chi connectivity index (χ0n) is 47.8. The molecule has 0 spiro atoms. The number of hydrogen-bond acceptors (Lipinski definition) is 19. The first kappa shape index (κ1) is 59.9. The molecule has 438 valence electrons. The van der Waals surface area contributed by atoms with E-state index < -0.39 is 46.1 Å². The van der Waals surface area contributed by atoms with Crippen molar-refractivity contribution in [1.29, 1.82) is 21.0 Å². The van der Waals surface area contributed by atoms with Gasteiger partial charge in [-0.05, 0) is 93.8 Å². The minimum absolute atomic E-state index is 0.132. The van der Waals surface area contributed by atoms with Gasteiger partial charge in [-0.25, -0.2) is 9.98 Å². The molecule has 19 heteroatoms. The average molecular weight is 1230 g/mol. The second-order valence-corrected chi connectivity index (χ2v) is 23.6. The van der Waals surface area contributed by atoms with Gasteiger partial charge >= 0.3 is 23.9 Å². The van der Waals surface area contributed by atoms with Crippen LogP contribution in [0.25, 0.3) is 43.5 Å². The SMILES string of the molecule is CCCOc1cc(N=C(C#N)C#N)sc1C1=Cc2cc3sc4cc5c(cc4c3cc2C1(C(=O)OCc1ccccc1)C(=O)OCc1ccccc1)C(C(=O)OCc1ccccc1)(C(=O)OCc1ccccc1)C(c1sc(N=C(C#N)C#N)cc1OCCC)=C5. The maximum atomic E-state index is 15.9. The molecular formula is C70H50N6O10S3. The summed E-state index contributed by atoms with van der Waals surface area (Å²) in [6.45, 7) is 3.30. The molecule has 0 amide bonds. The van der Waals surface area contributed by atoms with Crippen molar-refractivity contribution in [2.45, 2.75) is 63.9 Å². The third-order valence-electron chi connectivity index (χ3n) is 14.8. The van der Waals surface area contributed by atoms with Crippen molar-refractivity contribution in [3.05, 3.63) is 212 Å². The standard InChI is InChI=1S/C70H50N6O10S3/c1-3-25-81-57-33-61(75-49(35-71)36-72)88-63(57)55-27-47-29-59-51(31-53(47)69(55,65(77)83-39-43-17-9-5-10-18-43)66(78)84-40-44-19-11-6-12-20-44)52-32-54-48(30-60(52)87-59)28-56(64-58(82-26-4-2)34-62(89-64)76-50(37-73)38-74)70(54,67(79)85-41-45-21-13-7-14-22-45)68(80)86-42-46-23-15-8-16-24-46/h5-24,27-34H,3-4,25-26,39-42H2,1-2H3. The van der Waals surface area contributed by atoms with E-state index in [0.29, 0.717) is 66.4 Å². The van der Waals surface area contributed by atoms with E-state index in [2.05, 4.69) is 9.98 Å². The third kappa shape index (κ3) is 11.7. The first-order chi connectivity index (χ1) is 43.5. The fourth-order valence-corrected chi connectivity index (χ4v) is 13.9. The largest absolute Gasteiger partial charge is 0.492 e. The molecule has 0 saturated carbocycles. The maximum absolute atomic E-state index is 15.9. The second-order valence-electron chi connectivity index (χ2n) is 20.5. The van der Waals surface area contributed by atoms with Gasteiger partial charge in [-0.1, -0.05) is 135 Å². The molecule has 0 aliphatic heterocycles. The lowest BCUT2D eigenvalue weighted by atomic mass is 9.75. The van der Waals surface area contributed by atoms with Gasteiger partial charge in [0.25, 0.3) is 0 Å². The highest BCUT2D eigenvalue weighted by Crippen LogP contribution is 2.58. The van der Waals surface area contributed by atoms with Gasteiger partial charge in [-0.2, -0.15) is 21.0 Å². The van der Waals surface area contributed by atoms with E-state index in [4.69, 9.17) is 28.4 Å². The number of thiophene rings is 3. The van der Waals surface area contributed by atoms with Crippen LogP contribution in [0.3, 0.4) is 0 Å². The number of fused-ring (bicyclic) bond motifs is 5. The summed E-state index contributed by atoms with van der Waals surface area (Å²) < 4.78 is 39.2. The molecule has 3 heterocycles. The lowest BCUT2D eigenvalue weighted by Gasteiger charge is -2.30. The fourth-order valence-electron chi connectivity index (χ4n) is 10.7. The van der Waals surface area contributed by atoms with Crippen LogP contribution in [0.5, 0.6) is 11.5 Å². The first-order valence-corrected chi connectivity index (χ1v) is 30.6. The zero-order chi connectivity index (χ0) is 62.1. The van der Waals surface area contributed by atoms with Gasteiger partial charge in [0.2, 0.25) is 22.3 Å². The molecular weight excluding hydrogens is 1180 g/mol. The summed E-state index contributed by atoms with van der Waals surface area (Å²) in [5.41, 5.74) is -1.58. The molecule has 0 saturated heterocycles. The molecule has 3 aromatic heterocycles. The van der Waals surface area contributed by atoms with Crippen LogP contribution in [0.1, 0.15) is 81.0 Å². The quantitative estimate of drug-likeness (QED) is 0.0265. The number of ether oxygens (including phenoxy) is 6. The third-order valence-corrected chi connectivity index (χ3v) is 18.0. The van der Waals surface area contributed by atoms with Crippen molar-refractivity contribution in [1.82, 2.24) is 0 Å². The van der Waals surface area contributed by atoms with Crippen LogP contribution < -0.4 is 9.47 Å². The number of carbonyl (C=O) groups excluding carboxylic acids is 4.